The van der Waals surface area contributed by atoms with Crippen molar-refractivity contribution in [1.82, 2.24) is 4.98 Å². The smallest absolute Gasteiger partial charge is 0.0606 e. The first-order valence-electron chi connectivity index (χ1n) is 6.17. The number of nitrogens with zero attached hydrogens (tertiary/aromatic N) is 2. The number of aryl methyl sites for hydroxylation is 2. The standard InChI is InChI=1S/C13H23N3O/c1-4-5-16(6-7-17)13-8-10(2)15-11(3)12(13)9-14/h8,17H,4-7,9,14H2,1-3H3. The third-order valence-corrected chi connectivity index (χ3v) is 2.84. The average molecular weight is 237 g/mol. The van der Waals surface area contributed by atoms with Gasteiger partial charge in [-0.1, -0.05) is 6.92 Å². The van der Waals surface area contributed by atoms with Crippen LogP contribution in [0.2, 0.25) is 0 Å². The summed E-state index contributed by atoms with van der Waals surface area (Å²) in [6.07, 6.45) is 1.05. The number of nitrogens with two attached hydrogens (primary N) is 1. The molecule has 1 aromatic rings. The van der Waals surface area contributed by atoms with Crippen molar-refractivity contribution >= 4 is 5.69 Å². The first-order valence-corrected chi connectivity index (χ1v) is 6.17. The number of hydrogen-bond donors (Lipinski definition) is 2. The van der Waals surface area contributed by atoms with Gasteiger partial charge in [0.2, 0.25) is 0 Å². The second-order valence-corrected chi connectivity index (χ2v) is 4.26. The molecule has 0 aliphatic heterocycles. The Bertz CT molecular complexity index is 360. The molecule has 0 fully saturated rings. The minimum absolute atomic E-state index is 0.157. The third kappa shape index (κ3) is 3.41. The van der Waals surface area contributed by atoms with E-state index in [1.165, 1.54) is 0 Å². The lowest BCUT2D eigenvalue weighted by atomic mass is 10.1. The Morgan fingerprint density at radius 3 is 2.59 bits per heavy atom. The molecule has 1 heterocycles. The molecule has 17 heavy (non-hydrogen) atoms. The van der Waals surface area contributed by atoms with Gasteiger partial charge in [0, 0.05) is 42.3 Å². The first-order chi connectivity index (χ1) is 8.13. The van der Waals surface area contributed by atoms with Crippen LogP contribution in [0, 0.1) is 13.8 Å². The molecule has 3 N–H and O–H groups in total. The summed E-state index contributed by atoms with van der Waals surface area (Å²) >= 11 is 0. The maximum atomic E-state index is 9.14. The molecule has 4 heteroatoms. The van der Waals surface area contributed by atoms with Crippen molar-refractivity contribution in [3.63, 3.8) is 0 Å². The molecule has 0 aromatic carbocycles. The van der Waals surface area contributed by atoms with E-state index in [4.69, 9.17) is 10.8 Å². The molecule has 0 aliphatic carbocycles. The highest BCUT2D eigenvalue weighted by Crippen LogP contribution is 2.23. The molecular formula is C13H23N3O. The van der Waals surface area contributed by atoms with E-state index in [1.807, 2.05) is 13.8 Å². The SMILES string of the molecule is CCCN(CCO)c1cc(C)nc(C)c1CN. The van der Waals surface area contributed by atoms with E-state index in [0.717, 1.165) is 35.6 Å². The zero-order valence-corrected chi connectivity index (χ0v) is 11.0. The van der Waals surface area contributed by atoms with Gasteiger partial charge in [0.05, 0.1) is 6.61 Å². The number of hydrogen-bond acceptors (Lipinski definition) is 4. The van der Waals surface area contributed by atoms with Gasteiger partial charge in [0.1, 0.15) is 0 Å². The van der Waals surface area contributed by atoms with E-state index in [9.17, 15) is 0 Å². The molecule has 0 atom stereocenters. The number of aliphatic hydroxyl groups is 1. The third-order valence-electron chi connectivity index (χ3n) is 2.84. The molecule has 0 amide bonds. The lowest BCUT2D eigenvalue weighted by Crippen LogP contribution is -2.29. The minimum Gasteiger partial charge on any atom is -0.395 e. The van der Waals surface area contributed by atoms with Crippen molar-refractivity contribution in [3.8, 4) is 0 Å². The van der Waals surface area contributed by atoms with Crippen molar-refractivity contribution in [2.75, 3.05) is 24.6 Å². The summed E-state index contributed by atoms with van der Waals surface area (Å²) in [5.74, 6) is 0. The highest BCUT2D eigenvalue weighted by molar-refractivity contribution is 5.56. The molecule has 0 saturated heterocycles. The van der Waals surface area contributed by atoms with Gasteiger partial charge in [0.15, 0.2) is 0 Å². The van der Waals surface area contributed by atoms with Gasteiger partial charge in [0.25, 0.3) is 0 Å². The molecule has 0 bridgehead atoms. The maximum Gasteiger partial charge on any atom is 0.0606 e. The van der Waals surface area contributed by atoms with E-state index in [1.54, 1.807) is 0 Å². The highest BCUT2D eigenvalue weighted by atomic mass is 16.3. The van der Waals surface area contributed by atoms with Crippen molar-refractivity contribution < 1.29 is 5.11 Å². The van der Waals surface area contributed by atoms with Crippen LogP contribution < -0.4 is 10.6 Å². The molecule has 1 rings (SSSR count). The quantitative estimate of drug-likeness (QED) is 0.784. The lowest BCUT2D eigenvalue weighted by Gasteiger charge is -2.26. The second kappa shape index (κ2) is 6.57. The van der Waals surface area contributed by atoms with Crippen LogP contribution in [0.5, 0.6) is 0 Å². The molecule has 0 radical (unpaired) electrons. The van der Waals surface area contributed by atoms with Crippen molar-refractivity contribution in [2.24, 2.45) is 5.73 Å². The number of rotatable bonds is 6. The molecule has 0 aliphatic rings. The minimum atomic E-state index is 0.157. The average Bonchev–Trinajstić information content (AvgIpc) is 2.28. The van der Waals surface area contributed by atoms with Crippen LogP contribution in [0.25, 0.3) is 0 Å². The zero-order chi connectivity index (χ0) is 12.8. The molecule has 0 saturated carbocycles. The van der Waals surface area contributed by atoms with Gasteiger partial charge >= 0.3 is 0 Å². The Hall–Kier alpha value is -1.13. The number of anilines is 1. The summed E-state index contributed by atoms with van der Waals surface area (Å²) < 4.78 is 0. The Morgan fingerprint density at radius 1 is 1.35 bits per heavy atom. The second-order valence-electron chi connectivity index (χ2n) is 4.26. The fraction of sp³-hybridized carbons (Fsp3) is 0.615. The summed E-state index contributed by atoms with van der Waals surface area (Å²) in [7, 11) is 0. The number of pyridine rings is 1. The summed E-state index contributed by atoms with van der Waals surface area (Å²) in [5.41, 5.74) is 9.98. The van der Waals surface area contributed by atoms with E-state index in [-0.39, 0.29) is 6.61 Å². The predicted molar refractivity (Wildman–Crippen MR) is 71.2 cm³/mol. The van der Waals surface area contributed by atoms with Crippen LogP contribution in [0.3, 0.4) is 0 Å². The van der Waals surface area contributed by atoms with E-state index in [0.29, 0.717) is 13.1 Å². The van der Waals surface area contributed by atoms with Gasteiger partial charge in [-0.3, -0.25) is 4.98 Å². The summed E-state index contributed by atoms with van der Waals surface area (Å²) in [6, 6.07) is 2.06. The van der Waals surface area contributed by atoms with E-state index < -0.39 is 0 Å². The lowest BCUT2D eigenvalue weighted by molar-refractivity contribution is 0.301. The van der Waals surface area contributed by atoms with Gasteiger partial charge in [-0.05, 0) is 26.3 Å². The Balaban J connectivity index is 3.15. The fourth-order valence-corrected chi connectivity index (χ4v) is 2.11. The van der Waals surface area contributed by atoms with Crippen molar-refractivity contribution in [3.05, 3.63) is 23.0 Å². The van der Waals surface area contributed by atoms with Gasteiger partial charge in [-0.2, -0.15) is 0 Å². The first kappa shape index (κ1) is 13.9. The molecule has 0 unspecified atom stereocenters. The number of aliphatic hydroxyl groups excluding tert-OH is 1. The van der Waals surface area contributed by atoms with Crippen LogP contribution in [0.1, 0.15) is 30.3 Å². The maximum absolute atomic E-state index is 9.14. The van der Waals surface area contributed by atoms with Gasteiger partial charge in [-0.15, -0.1) is 0 Å². The van der Waals surface area contributed by atoms with Gasteiger partial charge < -0.3 is 15.7 Å². The van der Waals surface area contributed by atoms with Crippen molar-refractivity contribution in [1.29, 1.82) is 0 Å². The Labute approximate surface area is 103 Å². The van der Waals surface area contributed by atoms with Crippen molar-refractivity contribution in [2.45, 2.75) is 33.7 Å². The van der Waals surface area contributed by atoms with E-state index >= 15 is 0 Å². The molecule has 4 nitrogen and oxygen atoms in total. The van der Waals surface area contributed by atoms with Crippen LogP contribution in [0.15, 0.2) is 6.07 Å². The topological polar surface area (TPSA) is 62.4 Å². The number of aromatic nitrogens is 1. The van der Waals surface area contributed by atoms with Crippen LogP contribution in [0.4, 0.5) is 5.69 Å². The molecule has 0 spiro atoms. The van der Waals surface area contributed by atoms with Crippen LogP contribution in [-0.2, 0) is 6.54 Å². The normalized spacial score (nSPS) is 10.6. The van der Waals surface area contributed by atoms with Crippen LogP contribution in [-0.4, -0.2) is 29.8 Å². The summed E-state index contributed by atoms with van der Waals surface area (Å²) in [5, 5.41) is 9.14. The zero-order valence-electron chi connectivity index (χ0n) is 11.0. The highest BCUT2D eigenvalue weighted by Gasteiger charge is 2.13. The fourth-order valence-electron chi connectivity index (χ4n) is 2.11. The Kier molecular flexibility index (Phi) is 5.38. The van der Waals surface area contributed by atoms with Crippen LogP contribution >= 0.6 is 0 Å². The molecule has 96 valence electrons. The van der Waals surface area contributed by atoms with Gasteiger partial charge in [-0.25, -0.2) is 0 Å². The summed E-state index contributed by atoms with van der Waals surface area (Å²) in [6.45, 7) is 8.32. The predicted octanol–water partition coefficient (Wildman–Crippen LogP) is 1.37. The monoisotopic (exact) mass is 237 g/mol. The van der Waals surface area contributed by atoms with E-state index in [2.05, 4.69) is 22.9 Å². The summed E-state index contributed by atoms with van der Waals surface area (Å²) in [4.78, 5) is 6.62. The molecule has 1 aromatic heterocycles. The Morgan fingerprint density at radius 2 is 2.06 bits per heavy atom. The molecular weight excluding hydrogens is 214 g/mol. The largest absolute Gasteiger partial charge is 0.395 e.